The summed E-state index contributed by atoms with van der Waals surface area (Å²) in [5, 5.41) is 1.66. The van der Waals surface area contributed by atoms with E-state index >= 15 is 0 Å². The molecule has 4 nitrogen and oxygen atoms in total. The summed E-state index contributed by atoms with van der Waals surface area (Å²) in [4.78, 5) is 19.7. The molecule has 0 spiro atoms. The van der Waals surface area contributed by atoms with E-state index < -0.39 is 0 Å². The molecule has 0 radical (unpaired) electrons. The van der Waals surface area contributed by atoms with E-state index in [1.807, 2.05) is 14.0 Å². The van der Waals surface area contributed by atoms with Gasteiger partial charge in [-0.05, 0) is 38.2 Å². The molecule has 1 aliphatic carbocycles. The third kappa shape index (κ3) is 2.89. The quantitative estimate of drug-likeness (QED) is 0.482. The first-order chi connectivity index (χ1) is 10.2. The van der Waals surface area contributed by atoms with Crippen molar-refractivity contribution in [2.24, 2.45) is 7.05 Å². The summed E-state index contributed by atoms with van der Waals surface area (Å²) < 4.78 is 7.04. The highest BCUT2D eigenvalue weighted by molar-refractivity contribution is 7.99. The van der Waals surface area contributed by atoms with Crippen LogP contribution in [0.2, 0.25) is 0 Å². The van der Waals surface area contributed by atoms with Gasteiger partial charge in [-0.3, -0.25) is 9.36 Å². The molecule has 2 aromatic rings. The average molecular weight is 324 g/mol. The Morgan fingerprint density at radius 1 is 1.38 bits per heavy atom. The molecule has 2 aromatic heterocycles. The molecule has 0 saturated heterocycles. The second-order valence-corrected chi connectivity index (χ2v) is 7.34. The van der Waals surface area contributed by atoms with E-state index in [9.17, 15) is 4.79 Å². The predicted molar refractivity (Wildman–Crippen MR) is 88.7 cm³/mol. The molecule has 0 amide bonds. The number of rotatable bonds is 5. The van der Waals surface area contributed by atoms with E-state index in [1.54, 1.807) is 27.7 Å². The molecule has 114 valence electrons. The van der Waals surface area contributed by atoms with Crippen molar-refractivity contribution in [2.75, 3.05) is 19.0 Å². The molecule has 1 aliphatic rings. The largest absolute Gasteiger partial charge is 0.381 e. The Morgan fingerprint density at radius 2 is 2.19 bits per heavy atom. The maximum Gasteiger partial charge on any atom is 0.262 e. The number of fused-ring (bicyclic) bond motifs is 3. The zero-order valence-electron chi connectivity index (χ0n) is 12.5. The molecule has 0 aromatic carbocycles. The van der Waals surface area contributed by atoms with Gasteiger partial charge >= 0.3 is 0 Å². The maximum absolute atomic E-state index is 12.7. The van der Waals surface area contributed by atoms with Gasteiger partial charge in [0.1, 0.15) is 4.83 Å². The maximum atomic E-state index is 12.7. The van der Waals surface area contributed by atoms with Crippen LogP contribution >= 0.6 is 23.1 Å². The second kappa shape index (κ2) is 6.50. The van der Waals surface area contributed by atoms with Crippen LogP contribution < -0.4 is 5.56 Å². The van der Waals surface area contributed by atoms with E-state index in [1.165, 1.54) is 23.3 Å². The van der Waals surface area contributed by atoms with Crippen LogP contribution in [0.15, 0.2) is 9.95 Å². The van der Waals surface area contributed by atoms with E-state index in [0.29, 0.717) is 6.61 Å². The zero-order valence-corrected chi connectivity index (χ0v) is 14.1. The van der Waals surface area contributed by atoms with Crippen molar-refractivity contribution in [2.45, 2.75) is 37.8 Å². The molecule has 0 saturated carbocycles. The van der Waals surface area contributed by atoms with Crippen molar-refractivity contribution in [1.29, 1.82) is 0 Å². The van der Waals surface area contributed by atoms with Crippen LogP contribution in [0.4, 0.5) is 0 Å². The predicted octanol–water partition coefficient (Wildman–Crippen LogP) is 3.00. The third-order valence-electron chi connectivity index (χ3n) is 3.82. The van der Waals surface area contributed by atoms with Crippen LogP contribution in [0.5, 0.6) is 0 Å². The number of hydrogen-bond acceptors (Lipinski definition) is 5. The first-order valence-electron chi connectivity index (χ1n) is 7.44. The minimum atomic E-state index is 0.110. The van der Waals surface area contributed by atoms with Crippen LogP contribution in [0, 0.1) is 0 Å². The Kier molecular flexibility index (Phi) is 4.66. The standard InChI is InChI=1S/C15H20N2O2S2/c1-3-19-8-9-20-15-16-13-12(14(18)17(15)2)10-6-4-5-7-11(10)21-13/h3-9H2,1-2H3. The summed E-state index contributed by atoms with van der Waals surface area (Å²) in [5.74, 6) is 0.824. The lowest BCUT2D eigenvalue weighted by Gasteiger charge is -2.10. The lowest BCUT2D eigenvalue weighted by Crippen LogP contribution is -2.20. The molecule has 0 atom stereocenters. The average Bonchev–Trinajstić information content (AvgIpc) is 2.86. The molecule has 0 aliphatic heterocycles. The number of thioether (sulfide) groups is 1. The topological polar surface area (TPSA) is 44.1 Å². The van der Waals surface area contributed by atoms with E-state index in [4.69, 9.17) is 9.72 Å². The highest BCUT2D eigenvalue weighted by Crippen LogP contribution is 2.34. The molecule has 6 heteroatoms. The minimum Gasteiger partial charge on any atom is -0.381 e. The van der Waals surface area contributed by atoms with Crippen molar-refractivity contribution in [1.82, 2.24) is 9.55 Å². The van der Waals surface area contributed by atoms with Gasteiger partial charge in [0, 0.05) is 24.3 Å². The molecule has 3 rings (SSSR count). The van der Waals surface area contributed by atoms with Crippen molar-refractivity contribution < 1.29 is 4.74 Å². The van der Waals surface area contributed by atoms with Gasteiger partial charge in [-0.2, -0.15) is 0 Å². The Bertz CT molecular complexity index is 706. The fraction of sp³-hybridized carbons (Fsp3) is 0.600. The number of nitrogens with zero attached hydrogens (tertiary/aromatic N) is 2. The van der Waals surface area contributed by atoms with Crippen molar-refractivity contribution >= 4 is 33.3 Å². The van der Waals surface area contributed by atoms with Gasteiger partial charge in [0.2, 0.25) is 0 Å². The second-order valence-electron chi connectivity index (χ2n) is 5.19. The van der Waals surface area contributed by atoms with Crippen LogP contribution in [0.3, 0.4) is 0 Å². The van der Waals surface area contributed by atoms with Crippen molar-refractivity contribution in [3.05, 3.63) is 20.8 Å². The summed E-state index contributed by atoms with van der Waals surface area (Å²) in [7, 11) is 1.82. The Labute approximate surface area is 132 Å². The normalized spacial score (nSPS) is 14.6. The van der Waals surface area contributed by atoms with Gasteiger partial charge in [-0.15, -0.1) is 11.3 Å². The highest BCUT2D eigenvalue weighted by atomic mass is 32.2. The summed E-state index contributed by atoms with van der Waals surface area (Å²) in [6.07, 6.45) is 4.55. The fourth-order valence-electron chi connectivity index (χ4n) is 2.73. The first kappa shape index (κ1) is 15.1. The SMILES string of the molecule is CCOCCSc1nc2sc3c(c2c(=O)n1C)CCCC3. The van der Waals surface area contributed by atoms with Crippen molar-refractivity contribution in [3.8, 4) is 0 Å². The van der Waals surface area contributed by atoms with E-state index in [-0.39, 0.29) is 5.56 Å². The molecular formula is C15H20N2O2S2. The molecule has 0 bridgehead atoms. The van der Waals surface area contributed by atoms with E-state index in [0.717, 1.165) is 40.6 Å². The molecular weight excluding hydrogens is 304 g/mol. The van der Waals surface area contributed by atoms with Crippen LogP contribution in [0.25, 0.3) is 10.2 Å². The van der Waals surface area contributed by atoms with Gasteiger partial charge in [-0.25, -0.2) is 4.98 Å². The van der Waals surface area contributed by atoms with Crippen LogP contribution in [0.1, 0.15) is 30.2 Å². The summed E-state index contributed by atoms with van der Waals surface area (Å²) in [6, 6.07) is 0. The number of aromatic nitrogens is 2. The van der Waals surface area contributed by atoms with Gasteiger partial charge in [-0.1, -0.05) is 11.8 Å². The molecule has 0 fully saturated rings. The van der Waals surface area contributed by atoms with Gasteiger partial charge in [0.25, 0.3) is 5.56 Å². The molecule has 0 N–H and O–H groups in total. The summed E-state index contributed by atoms with van der Waals surface area (Å²) in [5.41, 5.74) is 1.37. The van der Waals surface area contributed by atoms with Gasteiger partial charge in [0.05, 0.1) is 12.0 Å². The molecule has 0 unspecified atom stereocenters. The Morgan fingerprint density at radius 3 is 3.00 bits per heavy atom. The number of aryl methyl sites for hydroxylation is 2. The highest BCUT2D eigenvalue weighted by Gasteiger charge is 2.21. The van der Waals surface area contributed by atoms with Gasteiger partial charge < -0.3 is 4.74 Å². The van der Waals surface area contributed by atoms with E-state index in [2.05, 4.69) is 0 Å². The summed E-state index contributed by atoms with van der Waals surface area (Å²) >= 11 is 3.31. The summed E-state index contributed by atoms with van der Waals surface area (Å²) in [6.45, 7) is 3.40. The van der Waals surface area contributed by atoms with Crippen LogP contribution in [-0.2, 0) is 24.6 Å². The lowest BCUT2D eigenvalue weighted by molar-refractivity contribution is 0.164. The monoisotopic (exact) mass is 324 g/mol. The van der Waals surface area contributed by atoms with Crippen molar-refractivity contribution in [3.63, 3.8) is 0 Å². The zero-order chi connectivity index (χ0) is 14.8. The Hall–Kier alpha value is -0.850. The molecule has 2 heterocycles. The first-order valence-corrected chi connectivity index (χ1v) is 9.24. The minimum absolute atomic E-state index is 0.110. The van der Waals surface area contributed by atoms with Gasteiger partial charge in [0.15, 0.2) is 5.16 Å². The van der Waals surface area contributed by atoms with Crippen LogP contribution in [-0.4, -0.2) is 28.5 Å². The number of thiophene rings is 1. The molecule has 21 heavy (non-hydrogen) atoms. The number of ether oxygens (including phenoxy) is 1. The Balaban J connectivity index is 1.96. The fourth-order valence-corrected chi connectivity index (χ4v) is 4.86. The lowest BCUT2D eigenvalue weighted by atomic mass is 9.97. The smallest absolute Gasteiger partial charge is 0.262 e. The third-order valence-corrected chi connectivity index (χ3v) is 6.00. The number of hydrogen-bond donors (Lipinski definition) is 0.